The van der Waals surface area contributed by atoms with E-state index in [1.165, 1.54) is 0 Å². The Balaban J connectivity index is 3.01. The van der Waals surface area contributed by atoms with E-state index in [-0.39, 0.29) is 29.2 Å². The summed E-state index contributed by atoms with van der Waals surface area (Å²) < 4.78 is 25.9. The monoisotopic (exact) mass is 303 g/mol. The van der Waals surface area contributed by atoms with Crippen molar-refractivity contribution in [3.05, 3.63) is 28.3 Å². The van der Waals surface area contributed by atoms with Gasteiger partial charge in [-0.15, -0.1) is 0 Å². The molecule has 0 aliphatic carbocycles. The van der Waals surface area contributed by atoms with E-state index in [4.69, 9.17) is 11.6 Å². The number of benzene rings is 1. The van der Waals surface area contributed by atoms with Crippen LogP contribution in [0, 0.1) is 10.1 Å². The Morgan fingerprint density at radius 1 is 1.40 bits per heavy atom. The molecule has 10 nitrogen and oxygen atoms in total. The number of nitro benzene ring substituents is 1. The molecule has 0 aliphatic rings. The van der Waals surface area contributed by atoms with Crippen LogP contribution < -0.4 is 21.7 Å². The fourth-order valence-corrected chi connectivity index (χ4v) is 2.41. The van der Waals surface area contributed by atoms with Crippen molar-refractivity contribution >= 4 is 27.3 Å². The van der Waals surface area contributed by atoms with Gasteiger partial charge in [-0.05, 0) is 12.1 Å². The molecule has 6 N–H and O–H groups in total. The van der Waals surface area contributed by atoms with Gasteiger partial charge >= 0.3 is 0 Å². The van der Waals surface area contributed by atoms with E-state index in [0.29, 0.717) is 0 Å². The quantitative estimate of drug-likeness (QED) is 0.285. The third kappa shape index (κ3) is 3.88. The lowest BCUT2D eigenvalue weighted by Gasteiger charge is -2.08. The Kier molecular flexibility index (Phi) is 4.96. The molecule has 0 bridgehead atoms. The third-order valence-corrected chi connectivity index (χ3v) is 3.75. The standard InChI is InChI=1S/C9H13N5O5S/c10-9(15)3-4-12-20(18,19)6-1-2-8(14(16)17)7(5-6)13-11/h1-2,5,12-13H,3-4,11H2,(H2,10,15). The zero-order valence-electron chi connectivity index (χ0n) is 10.2. The van der Waals surface area contributed by atoms with Gasteiger partial charge in [0, 0.05) is 19.0 Å². The molecule has 0 spiro atoms. The number of hydrogen-bond donors (Lipinski definition) is 4. The average Bonchev–Trinajstić information content (AvgIpc) is 2.37. The number of carbonyl (C=O) groups is 1. The van der Waals surface area contributed by atoms with Gasteiger partial charge in [0.15, 0.2) is 0 Å². The van der Waals surface area contributed by atoms with Gasteiger partial charge in [0.2, 0.25) is 15.9 Å². The van der Waals surface area contributed by atoms with E-state index in [0.717, 1.165) is 18.2 Å². The Bertz CT molecular complexity index is 630. The summed E-state index contributed by atoms with van der Waals surface area (Å²) in [6, 6.07) is 3.09. The Morgan fingerprint density at radius 2 is 2.05 bits per heavy atom. The molecule has 1 aromatic rings. The highest BCUT2D eigenvalue weighted by atomic mass is 32.2. The second-order valence-corrected chi connectivity index (χ2v) is 5.46. The minimum atomic E-state index is -3.91. The summed E-state index contributed by atoms with van der Waals surface area (Å²) in [5.74, 6) is 4.46. The Labute approximate surface area is 114 Å². The molecule has 1 rings (SSSR count). The first-order valence-corrected chi connectivity index (χ1v) is 6.79. The lowest BCUT2D eigenvalue weighted by molar-refractivity contribution is -0.384. The predicted octanol–water partition coefficient (Wildman–Crippen LogP) is -0.966. The number of primary amides is 1. The molecule has 0 saturated carbocycles. The molecule has 0 heterocycles. The van der Waals surface area contributed by atoms with Crippen LogP contribution in [0.2, 0.25) is 0 Å². The van der Waals surface area contributed by atoms with Gasteiger partial charge in [-0.3, -0.25) is 20.8 Å². The van der Waals surface area contributed by atoms with Crippen LogP contribution in [0.25, 0.3) is 0 Å². The van der Waals surface area contributed by atoms with Crippen molar-refractivity contribution in [3.63, 3.8) is 0 Å². The number of sulfonamides is 1. The van der Waals surface area contributed by atoms with Gasteiger partial charge in [-0.1, -0.05) is 0 Å². The van der Waals surface area contributed by atoms with Gasteiger partial charge in [0.25, 0.3) is 5.69 Å². The fraction of sp³-hybridized carbons (Fsp3) is 0.222. The van der Waals surface area contributed by atoms with E-state index in [1.54, 1.807) is 0 Å². The predicted molar refractivity (Wildman–Crippen MR) is 69.9 cm³/mol. The first-order valence-electron chi connectivity index (χ1n) is 5.31. The summed E-state index contributed by atoms with van der Waals surface area (Å²) in [6.45, 7) is -0.167. The highest BCUT2D eigenvalue weighted by Gasteiger charge is 2.19. The fourth-order valence-electron chi connectivity index (χ4n) is 1.35. The molecule has 110 valence electrons. The maximum absolute atomic E-state index is 11.9. The molecule has 0 aromatic heterocycles. The Morgan fingerprint density at radius 3 is 2.55 bits per heavy atom. The average molecular weight is 303 g/mol. The number of nitrogens with zero attached hydrogens (tertiary/aromatic N) is 1. The maximum atomic E-state index is 11.9. The molecule has 0 unspecified atom stereocenters. The molecule has 1 amide bonds. The van der Waals surface area contributed by atoms with Crippen LogP contribution in [-0.2, 0) is 14.8 Å². The molecule has 0 saturated heterocycles. The molecule has 0 aliphatic heterocycles. The summed E-state index contributed by atoms with van der Waals surface area (Å²) in [5.41, 5.74) is 6.44. The molecular formula is C9H13N5O5S. The number of rotatable bonds is 7. The molecular weight excluding hydrogens is 290 g/mol. The third-order valence-electron chi connectivity index (χ3n) is 2.29. The van der Waals surface area contributed by atoms with Crippen LogP contribution in [0.1, 0.15) is 6.42 Å². The van der Waals surface area contributed by atoms with Gasteiger partial charge in [-0.25, -0.2) is 13.1 Å². The van der Waals surface area contributed by atoms with E-state index >= 15 is 0 Å². The Hall–Kier alpha value is -2.24. The summed E-state index contributed by atoms with van der Waals surface area (Å²) in [5, 5.41) is 10.7. The van der Waals surface area contributed by atoms with Gasteiger partial charge in [0.05, 0.1) is 9.82 Å². The second-order valence-electron chi connectivity index (χ2n) is 3.69. The normalized spacial score (nSPS) is 11.1. The highest BCUT2D eigenvalue weighted by molar-refractivity contribution is 7.89. The van der Waals surface area contributed by atoms with Crippen molar-refractivity contribution in [2.24, 2.45) is 11.6 Å². The largest absolute Gasteiger partial charge is 0.370 e. The smallest absolute Gasteiger partial charge is 0.293 e. The van der Waals surface area contributed by atoms with Crippen LogP contribution in [0.3, 0.4) is 0 Å². The van der Waals surface area contributed by atoms with Crippen LogP contribution >= 0.6 is 0 Å². The number of anilines is 1. The zero-order chi connectivity index (χ0) is 15.3. The topological polar surface area (TPSA) is 170 Å². The van der Waals surface area contributed by atoms with E-state index in [2.05, 4.69) is 10.1 Å². The summed E-state index contributed by atoms with van der Waals surface area (Å²) >= 11 is 0. The minimum Gasteiger partial charge on any atom is -0.370 e. The SMILES string of the molecule is NNc1cc(S(=O)(=O)NCCC(N)=O)ccc1[N+](=O)[O-]. The molecule has 1 aromatic carbocycles. The summed E-state index contributed by atoms with van der Waals surface area (Å²) in [4.78, 5) is 20.3. The highest BCUT2D eigenvalue weighted by Crippen LogP contribution is 2.26. The van der Waals surface area contributed by atoms with E-state index in [9.17, 15) is 23.3 Å². The number of nitrogen functional groups attached to an aromatic ring is 1. The van der Waals surface area contributed by atoms with Crippen molar-refractivity contribution in [1.29, 1.82) is 0 Å². The van der Waals surface area contributed by atoms with Crippen molar-refractivity contribution < 1.29 is 18.1 Å². The van der Waals surface area contributed by atoms with Crippen LogP contribution in [0.15, 0.2) is 23.1 Å². The lowest BCUT2D eigenvalue weighted by Crippen LogP contribution is -2.28. The summed E-state index contributed by atoms with van der Waals surface area (Å²) in [7, 11) is -3.91. The number of hydrazine groups is 1. The molecule has 0 atom stereocenters. The van der Waals surface area contributed by atoms with Crippen LogP contribution in [0.5, 0.6) is 0 Å². The van der Waals surface area contributed by atoms with Gasteiger partial charge in [0.1, 0.15) is 5.69 Å². The second kappa shape index (κ2) is 6.27. The zero-order valence-corrected chi connectivity index (χ0v) is 11.0. The van der Waals surface area contributed by atoms with Crippen LogP contribution in [-0.4, -0.2) is 25.8 Å². The number of nitro groups is 1. The van der Waals surface area contributed by atoms with Crippen molar-refractivity contribution in [2.45, 2.75) is 11.3 Å². The number of nitrogens with two attached hydrogens (primary N) is 2. The molecule has 0 fully saturated rings. The first kappa shape index (κ1) is 15.8. The van der Waals surface area contributed by atoms with E-state index in [1.807, 2.05) is 0 Å². The maximum Gasteiger partial charge on any atom is 0.293 e. The molecule has 20 heavy (non-hydrogen) atoms. The van der Waals surface area contributed by atoms with Crippen molar-refractivity contribution in [2.75, 3.05) is 12.0 Å². The number of carbonyl (C=O) groups excluding carboxylic acids is 1. The van der Waals surface area contributed by atoms with E-state index < -0.39 is 20.9 Å². The molecule has 0 radical (unpaired) electrons. The number of hydrogen-bond acceptors (Lipinski definition) is 7. The van der Waals surface area contributed by atoms with Gasteiger partial charge in [-0.2, -0.15) is 0 Å². The first-order chi connectivity index (χ1) is 9.27. The van der Waals surface area contributed by atoms with Gasteiger partial charge < -0.3 is 11.2 Å². The lowest BCUT2D eigenvalue weighted by atomic mass is 10.3. The summed E-state index contributed by atoms with van der Waals surface area (Å²) in [6.07, 6.45) is -0.159. The van der Waals surface area contributed by atoms with Crippen molar-refractivity contribution in [1.82, 2.24) is 4.72 Å². The van der Waals surface area contributed by atoms with Crippen molar-refractivity contribution in [3.8, 4) is 0 Å². The molecule has 11 heteroatoms. The number of nitrogens with one attached hydrogen (secondary N) is 2. The van der Waals surface area contributed by atoms with Crippen LogP contribution in [0.4, 0.5) is 11.4 Å². The number of amides is 1. The minimum absolute atomic E-state index is 0.146.